The number of primary sulfonamides is 1. The predicted octanol–water partition coefficient (Wildman–Crippen LogP) is -0.812. The third-order valence-corrected chi connectivity index (χ3v) is 4.01. The van der Waals surface area contributed by atoms with E-state index in [1.807, 2.05) is 0 Å². The molecule has 10 heteroatoms. The van der Waals surface area contributed by atoms with Gasteiger partial charge in [-0.25, -0.2) is 18.4 Å². The van der Waals surface area contributed by atoms with Gasteiger partial charge in [-0.15, -0.1) is 0 Å². The molecule has 0 aliphatic heterocycles. The second-order valence-corrected chi connectivity index (χ2v) is 6.20. The van der Waals surface area contributed by atoms with Crippen LogP contribution in [-0.4, -0.2) is 32.2 Å². The lowest BCUT2D eigenvalue weighted by molar-refractivity contribution is 0.598. The molecule has 0 atom stereocenters. The number of nitrogens with two attached hydrogens (primary N) is 1. The van der Waals surface area contributed by atoms with E-state index in [2.05, 4.69) is 4.98 Å². The van der Waals surface area contributed by atoms with Crippen LogP contribution >= 0.6 is 11.6 Å². The minimum Gasteiger partial charge on any atom is -0.312 e. The Labute approximate surface area is 118 Å². The number of rotatable bonds is 2. The van der Waals surface area contributed by atoms with Crippen molar-refractivity contribution in [3.8, 4) is 0 Å². The van der Waals surface area contributed by atoms with Gasteiger partial charge >= 0.3 is 5.69 Å². The molecule has 0 saturated carbocycles. The predicted molar refractivity (Wildman–Crippen MR) is 75.3 cm³/mol. The number of hydrogen-bond donors (Lipinski definition) is 2. The van der Waals surface area contributed by atoms with Gasteiger partial charge in [0.25, 0.3) is 5.56 Å². The van der Waals surface area contributed by atoms with Crippen LogP contribution in [0.25, 0.3) is 10.9 Å². The smallest absolute Gasteiger partial charge is 0.312 e. The van der Waals surface area contributed by atoms with E-state index < -0.39 is 21.3 Å². The molecule has 2 aromatic rings. The molecule has 0 saturated heterocycles. The minimum absolute atomic E-state index is 0.00766. The van der Waals surface area contributed by atoms with Crippen molar-refractivity contribution in [1.29, 1.82) is 0 Å². The highest BCUT2D eigenvalue weighted by atomic mass is 35.5. The highest BCUT2D eigenvalue weighted by molar-refractivity contribution is 7.89. The number of aromatic nitrogens is 2. The van der Waals surface area contributed by atoms with Crippen LogP contribution in [0.3, 0.4) is 0 Å². The van der Waals surface area contributed by atoms with Gasteiger partial charge < -0.3 is 9.99 Å². The minimum atomic E-state index is -4.07. The summed E-state index contributed by atoms with van der Waals surface area (Å²) in [4.78, 5) is 26.0. The van der Waals surface area contributed by atoms with Crippen LogP contribution in [0, 0.1) is 0 Å². The molecule has 8 nitrogen and oxygen atoms in total. The van der Waals surface area contributed by atoms with Crippen molar-refractivity contribution in [3.63, 3.8) is 0 Å². The van der Waals surface area contributed by atoms with Crippen LogP contribution in [0.2, 0.25) is 5.02 Å². The lowest BCUT2D eigenvalue weighted by Gasteiger charge is -2.15. The Bertz CT molecular complexity index is 913. The van der Waals surface area contributed by atoms with Gasteiger partial charge in [0.05, 0.1) is 15.9 Å². The lowest BCUT2D eigenvalue weighted by Crippen LogP contribution is -2.46. The third kappa shape index (κ3) is 2.30. The number of fused-ring (bicyclic) bond motifs is 1. The zero-order valence-corrected chi connectivity index (χ0v) is 12.1. The van der Waals surface area contributed by atoms with Crippen molar-refractivity contribution in [2.24, 2.45) is 5.14 Å². The Morgan fingerprint density at radius 2 is 1.90 bits per heavy atom. The second-order valence-electron chi connectivity index (χ2n) is 4.27. The van der Waals surface area contributed by atoms with Gasteiger partial charge in [-0.05, 0) is 12.1 Å². The molecule has 0 fully saturated rings. The number of sulfonamides is 1. The first kappa shape index (κ1) is 14.6. The zero-order chi connectivity index (χ0) is 15.2. The summed E-state index contributed by atoms with van der Waals surface area (Å²) in [5.74, 6) is 0. The van der Waals surface area contributed by atoms with Gasteiger partial charge in [0.15, 0.2) is 0 Å². The Kier molecular flexibility index (Phi) is 3.36. The summed E-state index contributed by atoms with van der Waals surface area (Å²) in [6.07, 6.45) is 0. The SMILES string of the molecule is CN(C)n1c(=O)[nH]c2cc(Cl)c(S(N)(=O)=O)cc2c1=O. The van der Waals surface area contributed by atoms with Crippen molar-refractivity contribution < 1.29 is 8.42 Å². The molecular weight excluding hydrogens is 308 g/mol. The summed E-state index contributed by atoms with van der Waals surface area (Å²) >= 11 is 5.79. The summed E-state index contributed by atoms with van der Waals surface area (Å²) in [6.45, 7) is 0. The van der Waals surface area contributed by atoms with Gasteiger partial charge in [0, 0.05) is 14.1 Å². The van der Waals surface area contributed by atoms with Crippen LogP contribution < -0.4 is 21.4 Å². The van der Waals surface area contributed by atoms with Gasteiger partial charge in [0.2, 0.25) is 10.0 Å². The Morgan fingerprint density at radius 3 is 2.40 bits per heavy atom. The Morgan fingerprint density at radius 1 is 1.30 bits per heavy atom. The fraction of sp³-hybridized carbons (Fsp3) is 0.200. The molecule has 0 aliphatic carbocycles. The first-order valence-corrected chi connectivity index (χ1v) is 7.24. The average molecular weight is 319 g/mol. The fourth-order valence-electron chi connectivity index (χ4n) is 1.79. The van der Waals surface area contributed by atoms with Crippen LogP contribution in [0.5, 0.6) is 0 Å². The first-order chi connectivity index (χ1) is 9.12. The van der Waals surface area contributed by atoms with Crippen LogP contribution in [-0.2, 0) is 10.0 Å². The standard InChI is InChI=1S/C10H11ClN4O4S/c1-14(2)15-9(16)5-3-8(20(12,18)19)6(11)4-7(5)13-10(15)17/h3-4H,1-2H3,(H,13,17)(H2,12,18,19). The van der Waals surface area contributed by atoms with Gasteiger partial charge in [-0.2, -0.15) is 4.68 Å². The highest BCUT2D eigenvalue weighted by Gasteiger charge is 2.17. The summed E-state index contributed by atoms with van der Waals surface area (Å²) in [5, 5.41) is 6.12. The Hall–Kier alpha value is -1.84. The molecule has 108 valence electrons. The molecule has 1 heterocycles. The molecule has 20 heavy (non-hydrogen) atoms. The van der Waals surface area contributed by atoms with Gasteiger partial charge in [-0.3, -0.25) is 4.79 Å². The molecular formula is C10H11ClN4O4S. The zero-order valence-electron chi connectivity index (χ0n) is 10.5. The van der Waals surface area contributed by atoms with E-state index in [-0.39, 0.29) is 20.8 Å². The maximum Gasteiger partial charge on any atom is 0.347 e. The summed E-state index contributed by atoms with van der Waals surface area (Å²) in [6, 6.07) is 2.23. The number of aromatic amines is 1. The lowest BCUT2D eigenvalue weighted by atomic mass is 10.2. The van der Waals surface area contributed by atoms with E-state index in [9.17, 15) is 18.0 Å². The van der Waals surface area contributed by atoms with E-state index in [0.29, 0.717) is 0 Å². The van der Waals surface area contributed by atoms with E-state index in [1.165, 1.54) is 25.2 Å². The van der Waals surface area contributed by atoms with Crippen LogP contribution in [0.1, 0.15) is 0 Å². The van der Waals surface area contributed by atoms with Crippen molar-refractivity contribution in [3.05, 3.63) is 38.0 Å². The molecule has 3 N–H and O–H groups in total. The molecule has 1 aromatic carbocycles. The van der Waals surface area contributed by atoms with Crippen molar-refractivity contribution in [2.45, 2.75) is 4.90 Å². The third-order valence-electron chi connectivity index (χ3n) is 2.64. The first-order valence-electron chi connectivity index (χ1n) is 5.32. The number of H-pyrrole nitrogens is 1. The number of nitrogens with one attached hydrogen (secondary N) is 1. The molecule has 0 unspecified atom stereocenters. The van der Waals surface area contributed by atoms with E-state index in [0.717, 1.165) is 10.7 Å². The van der Waals surface area contributed by atoms with Crippen molar-refractivity contribution in [1.82, 2.24) is 9.66 Å². The maximum atomic E-state index is 12.2. The second kappa shape index (κ2) is 4.62. The summed E-state index contributed by atoms with van der Waals surface area (Å²) in [7, 11) is -1.07. The molecule has 2 rings (SSSR count). The van der Waals surface area contributed by atoms with Gasteiger partial charge in [-0.1, -0.05) is 11.6 Å². The summed E-state index contributed by atoms with van der Waals surface area (Å²) in [5.41, 5.74) is -1.20. The largest absolute Gasteiger partial charge is 0.347 e. The molecule has 0 amide bonds. The van der Waals surface area contributed by atoms with E-state index >= 15 is 0 Å². The number of nitrogens with zero attached hydrogens (tertiary/aromatic N) is 2. The quantitative estimate of drug-likeness (QED) is 0.750. The summed E-state index contributed by atoms with van der Waals surface area (Å²) < 4.78 is 23.6. The van der Waals surface area contributed by atoms with Crippen LogP contribution in [0.4, 0.5) is 0 Å². The van der Waals surface area contributed by atoms with Crippen molar-refractivity contribution in [2.75, 3.05) is 19.1 Å². The molecule has 0 aliphatic rings. The topological polar surface area (TPSA) is 118 Å². The van der Waals surface area contributed by atoms with Gasteiger partial charge in [0.1, 0.15) is 4.90 Å². The fourth-order valence-corrected chi connectivity index (χ4v) is 2.89. The molecule has 0 radical (unpaired) electrons. The number of benzene rings is 1. The monoisotopic (exact) mass is 318 g/mol. The van der Waals surface area contributed by atoms with E-state index in [4.69, 9.17) is 16.7 Å². The maximum absolute atomic E-state index is 12.2. The van der Waals surface area contributed by atoms with Crippen LogP contribution in [0.15, 0.2) is 26.6 Å². The normalized spacial score (nSPS) is 11.8. The molecule has 1 aromatic heterocycles. The average Bonchev–Trinajstić information content (AvgIpc) is 2.25. The van der Waals surface area contributed by atoms with E-state index in [1.54, 1.807) is 0 Å². The number of halogens is 1. The molecule has 0 bridgehead atoms. The van der Waals surface area contributed by atoms with Crippen molar-refractivity contribution >= 4 is 32.5 Å². The molecule has 0 spiro atoms. The highest BCUT2D eigenvalue weighted by Crippen LogP contribution is 2.23. The number of hydrogen-bond acceptors (Lipinski definition) is 5. The Balaban J connectivity index is 3.01.